The first-order chi connectivity index (χ1) is 3.15. The average molecular weight is 128 g/mol. The average Bonchev–Trinajstić information content (AvgIpc) is 1.33. The van der Waals surface area contributed by atoms with Crippen LogP contribution in [0.15, 0.2) is 12.8 Å². The fourth-order valence-electron chi connectivity index (χ4n) is 0. The van der Waals surface area contributed by atoms with E-state index in [1.54, 1.807) is 0 Å². The molecule has 0 aliphatic rings. The zero-order chi connectivity index (χ0) is 6.28. The van der Waals surface area contributed by atoms with Gasteiger partial charge in [-0.25, -0.2) is 0 Å². The maximum absolute atomic E-state index is 8.33. The smallest absolute Gasteiger partial charge is 0.652 e. The Morgan fingerprint density at radius 1 is 1.62 bits per heavy atom. The Kier molecular flexibility index (Phi) is 31.3. The quantitative estimate of drug-likeness (QED) is 0.298. The third kappa shape index (κ3) is 650. The molecule has 0 aromatic carbocycles. The monoisotopic (exact) mass is 128 g/mol. The molecule has 0 amide bonds. The summed E-state index contributed by atoms with van der Waals surface area (Å²) < 4.78 is 0. The van der Waals surface area contributed by atoms with Crippen LogP contribution in [0.3, 0.4) is 0 Å². The van der Waals surface area contributed by atoms with Gasteiger partial charge in [-0.2, -0.15) is 0 Å². The first-order valence-corrected chi connectivity index (χ1v) is 1.28. The zero-order valence-electron chi connectivity index (χ0n) is 4.16. The number of hydrogen-bond acceptors (Lipinski definition) is 4. The van der Waals surface area contributed by atoms with E-state index in [4.69, 9.17) is 20.1 Å². The van der Waals surface area contributed by atoms with Gasteiger partial charge in [-0.05, 0) is 6.16 Å². The molecule has 0 aliphatic carbocycles. The van der Waals surface area contributed by atoms with E-state index in [-0.39, 0.29) is 23.1 Å². The molecule has 0 aromatic rings. The Morgan fingerprint density at radius 3 is 1.62 bits per heavy atom. The van der Waals surface area contributed by atoms with Gasteiger partial charge in [0.1, 0.15) is 0 Å². The van der Waals surface area contributed by atoms with Crippen LogP contribution in [0.25, 0.3) is 0 Å². The van der Waals surface area contributed by atoms with Crippen LogP contribution in [-0.2, 0) is 0 Å². The van der Waals surface area contributed by atoms with Crippen molar-refractivity contribution in [2.45, 2.75) is 0 Å². The molecule has 0 rings (SSSR count). The molecule has 0 bridgehead atoms. The fraction of sp³-hybridized carbons (Fsp3) is 0. The van der Waals surface area contributed by atoms with Crippen LogP contribution < -0.4 is 10.2 Å². The van der Waals surface area contributed by atoms with Crippen LogP contribution in [0, 0.1) is 0 Å². The molecular formula is C3H4MgO4. The van der Waals surface area contributed by atoms with E-state index in [1.165, 1.54) is 0 Å². The number of aliphatic hydroxyl groups is 1. The minimum Gasteiger partial charge on any atom is -0.652 e. The summed E-state index contributed by atoms with van der Waals surface area (Å²) in [6.45, 7) is 2.92. The molecule has 0 radical (unpaired) electrons. The van der Waals surface area contributed by atoms with Gasteiger partial charge in [0.25, 0.3) is 0 Å². The van der Waals surface area contributed by atoms with Crippen molar-refractivity contribution in [2.24, 2.45) is 0 Å². The maximum atomic E-state index is 8.33. The molecule has 0 atom stereocenters. The van der Waals surface area contributed by atoms with Crippen molar-refractivity contribution in [3.05, 3.63) is 12.8 Å². The molecule has 0 aromatic heterocycles. The van der Waals surface area contributed by atoms with Gasteiger partial charge < -0.3 is 20.1 Å². The molecule has 1 N–H and O–H groups in total. The van der Waals surface area contributed by atoms with Gasteiger partial charge in [0.2, 0.25) is 0 Å². The van der Waals surface area contributed by atoms with Gasteiger partial charge in [-0.15, -0.1) is 0 Å². The number of carbonyl (C=O) groups excluding carboxylic acids is 1. The Balaban J connectivity index is -0.0000000575. The van der Waals surface area contributed by atoms with E-state index in [0.29, 0.717) is 0 Å². The molecule has 0 aliphatic heterocycles. The van der Waals surface area contributed by atoms with Crippen molar-refractivity contribution >= 4 is 29.2 Å². The summed E-state index contributed by atoms with van der Waals surface area (Å²) in [7, 11) is 0. The Labute approximate surface area is 62.6 Å². The van der Waals surface area contributed by atoms with Crippen molar-refractivity contribution < 1.29 is 20.1 Å². The molecule has 4 nitrogen and oxygen atoms in total. The standard InChI is InChI=1S/C2H4O.CH2O3.Mg/c1-2-3;2-1(3)4;/h2-3H,1H2;(H2,2,3,4);/q;;+2/p-2. The van der Waals surface area contributed by atoms with E-state index in [2.05, 4.69) is 6.58 Å². The minimum absolute atomic E-state index is 0. The van der Waals surface area contributed by atoms with Crippen molar-refractivity contribution in [3.63, 3.8) is 0 Å². The van der Waals surface area contributed by atoms with Crippen LogP contribution in [0.1, 0.15) is 0 Å². The largest absolute Gasteiger partial charge is 2.00 e. The second-order valence-corrected chi connectivity index (χ2v) is 0.433. The molecule has 8 heavy (non-hydrogen) atoms. The van der Waals surface area contributed by atoms with Crippen LogP contribution in [-0.4, -0.2) is 34.3 Å². The summed E-state index contributed by atoms with van der Waals surface area (Å²) in [6.07, 6.45) is -1.58. The number of rotatable bonds is 0. The van der Waals surface area contributed by atoms with Gasteiger partial charge in [0.05, 0.1) is 6.26 Å². The molecule has 42 valence electrons. The van der Waals surface area contributed by atoms with E-state index >= 15 is 0 Å². The van der Waals surface area contributed by atoms with Gasteiger partial charge in [0.15, 0.2) is 0 Å². The number of carboxylic acid groups (broad SMARTS) is 2. The molecule has 5 heteroatoms. The zero-order valence-corrected chi connectivity index (χ0v) is 5.58. The van der Waals surface area contributed by atoms with Gasteiger partial charge in [0, 0.05) is 0 Å². The topological polar surface area (TPSA) is 83.4 Å². The van der Waals surface area contributed by atoms with Gasteiger partial charge in [-0.1, -0.05) is 6.58 Å². The van der Waals surface area contributed by atoms with E-state index < -0.39 is 6.16 Å². The summed E-state index contributed by atoms with van der Waals surface area (Å²) >= 11 is 0. The van der Waals surface area contributed by atoms with Crippen molar-refractivity contribution in [2.75, 3.05) is 0 Å². The predicted molar refractivity (Wildman–Crippen MR) is 24.0 cm³/mol. The second-order valence-electron chi connectivity index (χ2n) is 0.433. The Bertz CT molecular complexity index is 58.3. The molecule has 0 spiro atoms. The molecular weight excluding hydrogens is 124 g/mol. The van der Waals surface area contributed by atoms with Gasteiger partial charge >= 0.3 is 23.1 Å². The van der Waals surface area contributed by atoms with E-state index in [1.807, 2.05) is 0 Å². The summed E-state index contributed by atoms with van der Waals surface area (Å²) in [5.41, 5.74) is 0. The number of carbonyl (C=O) groups is 1. The second kappa shape index (κ2) is 16.0. The number of hydrogen-bond donors (Lipinski definition) is 1. The van der Waals surface area contributed by atoms with Crippen LogP contribution in [0.5, 0.6) is 0 Å². The summed E-state index contributed by atoms with van der Waals surface area (Å²) in [6, 6.07) is 0. The van der Waals surface area contributed by atoms with Gasteiger partial charge in [-0.3, -0.25) is 0 Å². The van der Waals surface area contributed by atoms with Crippen LogP contribution in [0.2, 0.25) is 0 Å². The summed E-state index contributed by atoms with van der Waals surface area (Å²) in [5, 5.41) is 24.0. The van der Waals surface area contributed by atoms with E-state index in [9.17, 15) is 0 Å². The molecule has 0 saturated carbocycles. The summed E-state index contributed by atoms with van der Waals surface area (Å²) in [4.78, 5) is 8.33. The van der Waals surface area contributed by atoms with Crippen LogP contribution in [0.4, 0.5) is 4.79 Å². The fourth-order valence-corrected chi connectivity index (χ4v) is 0. The SMILES string of the molecule is C=CO.O=C([O-])[O-].[Mg+2]. The molecule has 0 saturated heterocycles. The number of aliphatic hydroxyl groups excluding tert-OH is 1. The molecule has 0 unspecified atom stereocenters. The Morgan fingerprint density at radius 2 is 1.62 bits per heavy atom. The molecule has 0 fully saturated rings. The third-order valence-corrected chi connectivity index (χ3v) is 0. The van der Waals surface area contributed by atoms with E-state index in [0.717, 1.165) is 6.26 Å². The third-order valence-electron chi connectivity index (χ3n) is 0. The maximum Gasteiger partial charge on any atom is 2.00 e. The minimum atomic E-state index is -2.33. The van der Waals surface area contributed by atoms with Crippen molar-refractivity contribution in [1.29, 1.82) is 0 Å². The first-order valence-electron chi connectivity index (χ1n) is 1.28. The Hall–Kier alpha value is -0.424. The van der Waals surface area contributed by atoms with Crippen LogP contribution >= 0.6 is 0 Å². The molecule has 0 heterocycles. The first kappa shape index (κ1) is 15.6. The van der Waals surface area contributed by atoms with Crippen molar-refractivity contribution in [1.82, 2.24) is 0 Å². The normalized spacial score (nSPS) is 4.50. The summed E-state index contributed by atoms with van der Waals surface area (Å²) in [5.74, 6) is 0. The van der Waals surface area contributed by atoms with Crippen molar-refractivity contribution in [3.8, 4) is 0 Å². The predicted octanol–water partition coefficient (Wildman–Crippen LogP) is -2.14.